The average Bonchev–Trinajstić information content (AvgIpc) is 3.23. The smallest absolute Gasteiger partial charge is 0.233 e. The zero-order chi connectivity index (χ0) is 18.6. The molecule has 1 amide bonds. The van der Waals surface area contributed by atoms with Gasteiger partial charge < -0.3 is 4.90 Å². The van der Waals surface area contributed by atoms with Gasteiger partial charge in [0.25, 0.3) is 0 Å². The molecule has 0 spiro atoms. The summed E-state index contributed by atoms with van der Waals surface area (Å²) in [6.07, 6.45) is 0.529. The van der Waals surface area contributed by atoms with Gasteiger partial charge in [0.2, 0.25) is 5.91 Å². The number of carbonyl (C=O) groups is 1. The molecule has 1 aromatic heterocycles. The summed E-state index contributed by atoms with van der Waals surface area (Å²) < 4.78 is 23.7. The van der Waals surface area contributed by atoms with E-state index >= 15 is 0 Å². The molecule has 26 heavy (non-hydrogen) atoms. The average molecular weight is 430 g/mol. The van der Waals surface area contributed by atoms with Gasteiger partial charge >= 0.3 is 0 Å². The molecule has 1 aromatic carbocycles. The van der Waals surface area contributed by atoms with Crippen molar-refractivity contribution in [3.63, 3.8) is 0 Å². The molecule has 0 radical (unpaired) electrons. The fourth-order valence-electron chi connectivity index (χ4n) is 2.93. The van der Waals surface area contributed by atoms with Crippen molar-refractivity contribution in [2.45, 2.75) is 24.8 Å². The third-order valence-corrected chi connectivity index (χ3v) is 8.14. The maximum absolute atomic E-state index is 12.8. The summed E-state index contributed by atoms with van der Waals surface area (Å²) in [5.41, 5.74) is 1.11. The van der Waals surface area contributed by atoms with Crippen LogP contribution >= 0.6 is 34.7 Å². The van der Waals surface area contributed by atoms with Crippen LogP contribution in [0.3, 0.4) is 0 Å². The summed E-state index contributed by atoms with van der Waals surface area (Å²) >= 11 is 9.01. The van der Waals surface area contributed by atoms with Gasteiger partial charge in [0.05, 0.1) is 23.8 Å². The molecule has 1 fully saturated rings. The molecule has 8 heteroatoms. The lowest BCUT2D eigenvalue weighted by molar-refractivity contribution is -0.130. The van der Waals surface area contributed by atoms with E-state index in [9.17, 15) is 13.2 Å². The fourth-order valence-corrected chi connectivity index (χ4v) is 6.36. The maximum atomic E-state index is 12.8. The highest BCUT2D eigenvalue weighted by Crippen LogP contribution is 2.23. The van der Waals surface area contributed by atoms with Gasteiger partial charge in [0.1, 0.15) is 0 Å². The predicted octanol–water partition coefficient (Wildman–Crippen LogP) is 3.85. The van der Waals surface area contributed by atoms with Gasteiger partial charge in [-0.05, 0) is 35.6 Å². The molecule has 2 heterocycles. The molecule has 2 aromatic rings. The Morgan fingerprint density at radius 2 is 2.04 bits per heavy atom. The molecule has 140 valence electrons. The van der Waals surface area contributed by atoms with E-state index in [1.807, 2.05) is 41.8 Å². The quantitative estimate of drug-likeness (QED) is 0.670. The molecule has 1 aliphatic rings. The van der Waals surface area contributed by atoms with Crippen molar-refractivity contribution < 1.29 is 13.2 Å². The van der Waals surface area contributed by atoms with E-state index in [2.05, 4.69) is 0 Å². The maximum Gasteiger partial charge on any atom is 0.233 e. The van der Waals surface area contributed by atoms with E-state index in [0.717, 1.165) is 16.2 Å². The van der Waals surface area contributed by atoms with Crippen molar-refractivity contribution in [2.75, 3.05) is 17.3 Å². The van der Waals surface area contributed by atoms with Gasteiger partial charge in [0.15, 0.2) is 9.84 Å². The first-order valence-corrected chi connectivity index (χ1v) is 12.5. The van der Waals surface area contributed by atoms with Crippen molar-refractivity contribution in [1.29, 1.82) is 0 Å². The zero-order valence-electron chi connectivity index (χ0n) is 14.1. The SMILES string of the molecule is O=C(CSCc1ccc(Cl)cc1)N(Cc1cccs1)C1CCS(=O)(=O)C1. The topological polar surface area (TPSA) is 54.5 Å². The van der Waals surface area contributed by atoms with Crippen molar-refractivity contribution >= 4 is 50.4 Å². The lowest BCUT2D eigenvalue weighted by Gasteiger charge is -2.28. The molecule has 0 saturated carbocycles. The van der Waals surface area contributed by atoms with Crippen LogP contribution < -0.4 is 0 Å². The van der Waals surface area contributed by atoms with Crippen LogP contribution in [0.1, 0.15) is 16.9 Å². The summed E-state index contributed by atoms with van der Waals surface area (Å²) in [6, 6.07) is 11.3. The molecular formula is C18H20ClNO3S3. The third kappa shape index (κ3) is 5.49. The number of hydrogen-bond donors (Lipinski definition) is 0. The molecule has 3 rings (SSSR count). The molecule has 1 unspecified atom stereocenters. The van der Waals surface area contributed by atoms with Crippen LogP contribution in [0, 0.1) is 0 Å². The number of rotatable bonds is 7. The number of benzene rings is 1. The summed E-state index contributed by atoms with van der Waals surface area (Å²) in [6.45, 7) is 0.484. The number of carbonyl (C=O) groups excluding carboxylic acids is 1. The van der Waals surface area contributed by atoms with Crippen molar-refractivity contribution in [3.8, 4) is 0 Å². The van der Waals surface area contributed by atoms with E-state index < -0.39 is 9.84 Å². The Balaban J connectivity index is 1.61. The first kappa shape index (κ1) is 19.7. The monoisotopic (exact) mass is 429 g/mol. The van der Waals surface area contributed by atoms with E-state index in [1.54, 1.807) is 16.2 Å². The van der Waals surface area contributed by atoms with Gasteiger partial charge in [-0.2, -0.15) is 0 Å². The van der Waals surface area contributed by atoms with E-state index in [0.29, 0.717) is 23.7 Å². The summed E-state index contributed by atoms with van der Waals surface area (Å²) in [5, 5.41) is 2.66. The minimum atomic E-state index is -3.03. The third-order valence-electron chi connectivity index (χ3n) is 4.28. The standard InChI is InChI=1S/C18H20ClNO3S3/c19-15-5-3-14(4-6-15)11-24-12-18(21)20(10-17-2-1-8-25-17)16-7-9-26(22,23)13-16/h1-6,8,16H,7,9-13H2. The second-order valence-corrected chi connectivity index (χ2v) is 11.0. The van der Waals surface area contributed by atoms with Gasteiger partial charge in [-0.3, -0.25) is 4.79 Å². The van der Waals surface area contributed by atoms with Crippen LogP contribution in [0.2, 0.25) is 5.02 Å². The number of sulfone groups is 1. The van der Waals surface area contributed by atoms with Gasteiger partial charge in [0, 0.05) is 21.7 Å². The van der Waals surface area contributed by atoms with Crippen LogP contribution in [0.25, 0.3) is 0 Å². The Kier molecular flexibility index (Phi) is 6.66. The Labute approximate surface area is 167 Å². The molecular weight excluding hydrogens is 410 g/mol. The van der Waals surface area contributed by atoms with Crippen LogP contribution in [0.4, 0.5) is 0 Å². The second-order valence-electron chi connectivity index (χ2n) is 6.28. The Morgan fingerprint density at radius 3 is 2.65 bits per heavy atom. The lowest BCUT2D eigenvalue weighted by Crippen LogP contribution is -2.41. The van der Waals surface area contributed by atoms with Gasteiger partial charge in [-0.25, -0.2) is 8.42 Å². The molecule has 0 N–H and O–H groups in total. The minimum Gasteiger partial charge on any atom is -0.333 e. The number of amides is 1. The van der Waals surface area contributed by atoms with E-state index in [4.69, 9.17) is 11.6 Å². The summed E-state index contributed by atoms with van der Waals surface area (Å²) in [7, 11) is -3.03. The molecule has 1 aliphatic heterocycles. The largest absolute Gasteiger partial charge is 0.333 e. The highest BCUT2D eigenvalue weighted by atomic mass is 35.5. The van der Waals surface area contributed by atoms with Crippen LogP contribution in [0.5, 0.6) is 0 Å². The van der Waals surface area contributed by atoms with E-state index in [1.165, 1.54) is 11.8 Å². The van der Waals surface area contributed by atoms with E-state index in [-0.39, 0.29) is 23.5 Å². The fraction of sp³-hybridized carbons (Fsp3) is 0.389. The van der Waals surface area contributed by atoms with Crippen molar-refractivity contribution in [1.82, 2.24) is 4.90 Å². The highest BCUT2D eigenvalue weighted by Gasteiger charge is 2.34. The number of thiophene rings is 1. The normalized spacial score (nSPS) is 18.7. The summed E-state index contributed by atoms with van der Waals surface area (Å²) in [4.78, 5) is 15.6. The Morgan fingerprint density at radius 1 is 1.27 bits per heavy atom. The predicted molar refractivity (Wildman–Crippen MR) is 110 cm³/mol. The number of thioether (sulfide) groups is 1. The molecule has 1 saturated heterocycles. The van der Waals surface area contributed by atoms with Crippen LogP contribution in [0.15, 0.2) is 41.8 Å². The minimum absolute atomic E-state index is 0.000497. The van der Waals surface area contributed by atoms with Crippen molar-refractivity contribution in [3.05, 3.63) is 57.2 Å². The first-order chi connectivity index (χ1) is 12.4. The van der Waals surface area contributed by atoms with Crippen molar-refractivity contribution in [2.24, 2.45) is 0 Å². The number of hydrogen-bond acceptors (Lipinski definition) is 5. The van der Waals surface area contributed by atoms with Gasteiger partial charge in [-0.15, -0.1) is 23.1 Å². The molecule has 0 aliphatic carbocycles. The zero-order valence-corrected chi connectivity index (χ0v) is 17.3. The molecule has 1 atom stereocenters. The van der Waals surface area contributed by atoms with Crippen LogP contribution in [-0.2, 0) is 26.9 Å². The number of halogens is 1. The van der Waals surface area contributed by atoms with Crippen LogP contribution in [-0.4, -0.2) is 42.5 Å². The summed E-state index contributed by atoms with van der Waals surface area (Å²) in [5.74, 6) is 1.30. The Hall–Kier alpha value is -1.02. The first-order valence-electron chi connectivity index (χ1n) is 8.27. The highest BCUT2D eigenvalue weighted by molar-refractivity contribution is 7.99. The second kappa shape index (κ2) is 8.78. The Bertz CT molecular complexity index is 835. The number of nitrogens with zero attached hydrogens (tertiary/aromatic N) is 1. The van der Waals surface area contributed by atoms with Gasteiger partial charge in [-0.1, -0.05) is 29.8 Å². The lowest BCUT2D eigenvalue weighted by atomic mass is 10.2. The molecule has 4 nitrogen and oxygen atoms in total. The molecule has 0 bridgehead atoms.